The van der Waals surface area contributed by atoms with Crippen LogP contribution in [0.5, 0.6) is 0 Å². The van der Waals surface area contributed by atoms with Crippen molar-refractivity contribution in [1.29, 1.82) is 0 Å². The molecule has 3 rings (SSSR count). The van der Waals surface area contributed by atoms with Crippen LogP contribution < -0.4 is 10.4 Å². The summed E-state index contributed by atoms with van der Waals surface area (Å²) >= 11 is 0. The normalized spacial score (nSPS) is 12.2. The van der Waals surface area contributed by atoms with Crippen LogP contribution in [-0.2, 0) is 14.0 Å². The molecular formula is C26H28O3Si. The summed E-state index contributed by atoms with van der Waals surface area (Å²) in [6, 6.07) is 30.9. The van der Waals surface area contributed by atoms with Crippen LogP contribution in [0.2, 0.25) is 6.04 Å². The number of hydrogen-bond donors (Lipinski definition) is 0. The summed E-state index contributed by atoms with van der Waals surface area (Å²) in [7, 11) is -2.78. The number of carbonyl (C=O) groups is 1. The van der Waals surface area contributed by atoms with E-state index in [0.717, 1.165) is 28.4 Å². The van der Waals surface area contributed by atoms with Crippen LogP contribution in [0, 0.1) is 0 Å². The summed E-state index contributed by atoms with van der Waals surface area (Å²) in [5.74, 6) is -0.356. The van der Waals surface area contributed by atoms with Crippen LogP contribution in [-0.4, -0.2) is 20.9 Å². The topological polar surface area (TPSA) is 35.5 Å². The Kier molecular flexibility index (Phi) is 7.77. The van der Waals surface area contributed by atoms with Crippen LogP contribution in [0.1, 0.15) is 25.0 Å². The smallest absolute Gasteiger partial charge is 0.338 e. The Morgan fingerprint density at radius 3 is 1.87 bits per heavy atom. The molecule has 0 fully saturated rings. The van der Waals surface area contributed by atoms with Crippen molar-refractivity contribution in [3.63, 3.8) is 0 Å². The minimum atomic E-state index is -2.78. The Morgan fingerprint density at radius 2 is 1.40 bits per heavy atom. The highest BCUT2D eigenvalue weighted by molar-refractivity contribution is 6.97. The number of ether oxygens (including phenoxy) is 1. The number of rotatable bonds is 10. The van der Waals surface area contributed by atoms with Crippen molar-refractivity contribution in [1.82, 2.24) is 0 Å². The van der Waals surface area contributed by atoms with Gasteiger partial charge in [0.25, 0.3) is 8.32 Å². The third kappa shape index (κ3) is 4.96. The minimum Gasteiger partial charge on any atom is -0.464 e. The summed E-state index contributed by atoms with van der Waals surface area (Å²) in [4.78, 5) is 13.0. The maximum Gasteiger partial charge on any atom is 0.338 e. The molecule has 4 heteroatoms. The molecule has 0 aliphatic heterocycles. The highest BCUT2D eigenvalue weighted by atomic mass is 28.4. The van der Waals surface area contributed by atoms with Gasteiger partial charge in [-0.2, -0.15) is 0 Å². The minimum absolute atomic E-state index is 0.309. The van der Waals surface area contributed by atoms with E-state index in [0.29, 0.717) is 6.61 Å². The fourth-order valence-corrected chi connectivity index (χ4v) is 7.68. The lowest BCUT2D eigenvalue weighted by atomic mass is 10.1. The molecule has 0 bridgehead atoms. The van der Waals surface area contributed by atoms with Crippen molar-refractivity contribution in [2.24, 2.45) is 0 Å². The highest BCUT2D eigenvalue weighted by Crippen LogP contribution is 2.27. The number of allylic oxidation sites excluding steroid dienone is 1. The van der Waals surface area contributed by atoms with Gasteiger partial charge in [-0.25, -0.2) is 4.79 Å². The molecule has 0 amide bonds. The van der Waals surface area contributed by atoms with E-state index in [1.807, 2.05) is 79.7 Å². The standard InChI is InChI=1S/C26H28O3Si/c1-3-5-21-30(23-17-11-7-12-18-23,24-19-13-8-14-20-24)29-25(26(27)28-4-2)22-15-9-6-10-16-22/h3,6-20,25H,1,4-5,21H2,2H3. The zero-order chi connectivity index (χ0) is 21.2. The van der Waals surface area contributed by atoms with Crippen LogP contribution in [0.25, 0.3) is 0 Å². The zero-order valence-electron chi connectivity index (χ0n) is 17.4. The molecule has 0 saturated heterocycles. The van der Waals surface area contributed by atoms with Crippen molar-refractivity contribution in [2.45, 2.75) is 25.5 Å². The molecule has 30 heavy (non-hydrogen) atoms. The Hall–Kier alpha value is -2.95. The van der Waals surface area contributed by atoms with E-state index >= 15 is 0 Å². The molecular weight excluding hydrogens is 388 g/mol. The van der Waals surface area contributed by atoms with E-state index in [1.54, 1.807) is 0 Å². The van der Waals surface area contributed by atoms with Gasteiger partial charge < -0.3 is 9.16 Å². The molecule has 0 radical (unpaired) electrons. The molecule has 3 nitrogen and oxygen atoms in total. The summed E-state index contributed by atoms with van der Waals surface area (Å²) in [6.07, 6.45) is 1.92. The van der Waals surface area contributed by atoms with E-state index in [-0.39, 0.29) is 5.97 Å². The molecule has 1 unspecified atom stereocenters. The fraction of sp³-hybridized carbons (Fsp3) is 0.192. The molecule has 0 aliphatic rings. The number of carbonyl (C=O) groups excluding carboxylic acids is 1. The number of hydrogen-bond acceptors (Lipinski definition) is 3. The predicted molar refractivity (Wildman–Crippen MR) is 124 cm³/mol. The van der Waals surface area contributed by atoms with Crippen LogP contribution in [0.15, 0.2) is 104 Å². The predicted octanol–water partition coefficient (Wildman–Crippen LogP) is 4.64. The summed E-state index contributed by atoms with van der Waals surface area (Å²) in [6.45, 7) is 6.05. The van der Waals surface area contributed by atoms with Crippen LogP contribution >= 0.6 is 0 Å². The summed E-state index contributed by atoms with van der Waals surface area (Å²) < 4.78 is 12.3. The zero-order valence-corrected chi connectivity index (χ0v) is 18.4. The van der Waals surface area contributed by atoms with Gasteiger partial charge in [-0.05, 0) is 35.3 Å². The Morgan fingerprint density at radius 1 is 0.900 bits per heavy atom. The quantitative estimate of drug-likeness (QED) is 0.274. The van der Waals surface area contributed by atoms with Crippen molar-refractivity contribution >= 4 is 24.7 Å². The summed E-state index contributed by atoms with van der Waals surface area (Å²) in [5, 5.41) is 2.26. The second-order valence-electron chi connectivity index (χ2n) is 7.05. The monoisotopic (exact) mass is 416 g/mol. The lowest BCUT2D eigenvalue weighted by Crippen LogP contribution is -2.61. The fourth-order valence-electron chi connectivity index (χ4n) is 3.67. The van der Waals surface area contributed by atoms with E-state index in [9.17, 15) is 4.79 Å². The van der Waals surface area contributed by atoms with Gasteiger partial charge in [-0.3, -0.25) is 0 Å². The van der Waals surface area contributed by atoms with Gasteiger partial charge in [0.2, 0.25) is 0 Å². The number of esters is 1. The Balaban J connectivity index is 2.16. The van der Waals surface area contributed by atoms with E-state index < -0.39 is 14.4 Å². The van der Waals surface area contributed by atoms with Crippen molar-refractivity contribution < 1.29 is 14.0 Å². The van der Waals surface area contributed by atoms with Crippen molar-refractivity contribution in [2.75, 3.05) is 6.61 Å². The lowest BCUT2D eigenvalue weighted by molar-refractivity contribution is -0.152. The first kappa shape index (κ1) is 21.7. The van der Waals surface area contributed by atoms with Gasteiger partial charge in [-0.1, -0.05) is 97.1 Å². The Labute approximate surface area is 180 Å². The molecule has 0 spiro atoms. The molecule has 0 saturated carbocycles. The van der Waals surface area contributed by atoms with Gasteiger partial charge in [-0.15, -0.1) is 6.58 Å². The summed E-state index contributed by atoms with van der Waals surface area (Å²) in [5.41, 5.74) is 0.804. The average Bonchev–Trinajstić information content (AvgIpc) is 2.81. The second-order valence-corrected chi connectivity index (χ2v) is 10.6. The largest absolute Gasteiger partial charge is 0.464 e. The van der Waals surface area contributed by atoms with Gasteiger partial charge in [0.1, 0.15) is 0 Å². The molecule has 0 aromatic heterocycles. The van der Waals surface area contributed by atoms with Crippen LogP contribution in [0.4, 0.5) is 0 Å². The van der Waals surface area contributed by atoms with E-state index in [4.69, 9.17) is 9.16 Å². The first-order chi connectivity index (χ1) is 14.7. The molecule has 1 atom stereocenters. The Bertz CT molecular complexity index is 887. The van der Waals surface area contributed by atoms with Crippen molar-refractivity contribution in [3.05, 3.63) is 109 Å². The first-order valence-corrected chi connectivity index (χ1v) is 12.4. The molecule has 0 N–H and O–H groups in total. The number of benzene rings is 3. The molecule has 0 heterocycles. The first-order valence-electron chi connectivity index (χ1n) is 10.3. The van der Waals surface area contributed by atoms with Gasteiger partial charge in [0.15, 0.2) is 6.10 Å². The lowest BCUT2D eigenvalue weighted by Gasteiger charge is -2.35. The van der Waals surface area contributed by atoms with Gasteiger partial charge >= 0.3 is 5.97 Å². The average molecular weight is 417 g/mol. The maximum atomic E-state index is 13.0. The van der Waals surface area contributed by atoms with Crippen LogP contribution in [0.3, 0.4) is 0 Å². The van der Waals surface area contributed by atoms with Gasteiger partial charge in [0, 0.05) is 0 Å². The third-order valence-electron chi connectivity index (χ3n) is 5.10. The molecule has 154 valence electrons. The molecule has 0 aliphatic carbocycles. The maximum absolute atomic E-state index is 13.0. The van der Waals surface area contributed by atoms with E-state index in [2.05, 4.69) is 30.8 Å². The highest BCUT2D eigenvalue weighted by Gasteiger charge is 2.43. The molecule has 3 aromatic rings. The second kappa shape index (κ2) is 10.7. The van der Waals surface area contributed by atoms with E-state index in [1.165, 1.54) is 0 Å². The van der Waals surface area contributed by atoms with Crippen molar-refractivity contribution in [3.8, 4) is 0 Å². The third-order valence-corrected chi connectivity index (χ3v) is 9.27. The SMILES string of the molecule is C=CCC[Si](OC(C(=O)OCC)c1ccccc1)(c1ccccc1)c1ccccc1. The molecule has 3 aromatic carbocycles. The van der Waals surface area contributed by atoms with Gasteiger partial charge in [0.05, 0.1) is 6.61 Å².